The van der Waals surface area contributed by atoms with Crippen molar-refractivity contribution in [3.63, 3.8) is 0 Å². The molecule has 2 fully saturated rings. The van der Waals surface area contributed by atoms with Gasteiger partial charge in [-0.25, -0.2) is 12.8 Å². The molecule has 2 saturated heterocycles. The van der Waals surface area contributed by atoms with Crippen LogP contribution in [0.15, 0.2) is 29.2 Å². The molecule has 0 radical (unpaired) electrons. The molecule has 0 aliphatic carbocycles. The zero-order valence-corrected chi connectivity index (χ0v) is 10.6. The van der Waals surface area contributed by atoms with Crippen molar-refractivity contribution in [1.82, 2.24) is 4.31 Å². The largest absolute Gasteiger partial charge is 0.372 e. The highest BCUT2D eigenvalue weighted by molar-refractivity contribution is 7.89. The molecule has 2 atom stereocenters. The van der Waals surface area contributed by atoms with Gasteiger partial charge in [-0.1, -0.05) is 12.1 Å². The highest BCUT2D eigenvalue weighted by Gasteiger charge is 2.39. The van der Waals surface area contributed by atoms with Gasteiger partial charge in [0.05, 0.1) is 12.2 Å². The Balaban J connectivity index is 1.94. The zero-order chi connectivity index (χ0) is 12.8. The summed E-state index contributed by atoms with van der Waals surface area (Å²) in [5.41, 5.74) is 0. The van der Waals surface area contributed by atoms with Crippen molar-refractivity contribution in [2.24, 2.45) is 0 Å². The molecule has 2 heterocycles. The van der Waals surface area contributed by atoms with Gasteiger partial charge in [0, 0.05) is 13.1 Å². The molecule has 2 aliphatic heterocycles. The van der Waals surface area contributed by atoms with Crippen molar-refractivity contribution in [3.8, 4) is 0 Å². The minimum atomic E-state index is -3.74. The molecule has 0 saturated carbocycles. The number of ether oxygens (including phenoxy) is 1. The number of hydrogen-bond acceptors (Lipinski definition) is 3. The third-order valence-corrected chi connectivity index (χ3v) is 5.33. The zero-order valence-electron chi connectivity index (χ0n) is 9.75. The lowest BCUT2D eigenvalue weighted by molar-refractivity contribution is -0.0115. The van der Waals surface area contributed by atoms with Crippen LogP contribution in [0, 0.1) is 5.82 Å². The molecular weight excluding hydrogens is 257 g/mol. The Labute approximate surface area is 105 Å². The fraction of sp³-hybridized carbons (Fsp3) is 0.500. The number of rotatable bonds is 2. The normalized spacial score (nSPS) is 28.5. The van der Waals surface area contributed by atoms with Gasteiger partial charge in [0.15, 0.2) is 0 Å². The van der Waals surface area contributed by atoms with E-state index in [2.05, 4.69) is 0 Å². The number of sulfonamides is 1. The maximum Gasteiger partial charge on any atom is 0.246 e. The molecule has 0 amide bonds. The van der Waals surface area contributed by atoms with E-state index in [4.69, 9.17) is 4.74 Å². The maximum atomic E-state index is 13.6. The van der Waals surface area contributed by atoms with E-state index in [1.807, 2.05) is 0 Å². The molecule has 4 nitrogen and oxygen atoms in total. The van der Waals surface area contributed by atoms with Crippen LogP contribution in [-0.2, 0) is 14.8 Å². The smallest absolute Gasteiger partial charge is 0.246 e. The van der Waals surface area contributed by atoms with Gasteiger partial charge in [0.2, 0.25) is 10.0 Å². The van der Waals surface area contributed by atoms with Gasteiger partial charge in [-0.15, -0.1) is 0 Å². The van der Waals surface area contributed by atoms with Gasteiger partial charge < -0.3 is 4.74 Å². The molecule has 2 aliphatic rings. The quantitative estimate of drug-likeness (QED) is 0.816. The number of benzene rings is 1. The summed E-state index contributed by atoms with van der Waals surface area (Å²) in [5.74, 6) is -0.698. The summed E-state index contributed by atoms with van der Waals surface area (Å²) in [7, 11) is -3.74. The average Bonchev–Trinajstić information content (AvgIpc) is 2.68. The van der Waals surface area contributed by atoms with E-state index < -0.39 is 15.8 Å². The van der Waals surface area contributed by atoms with E-state index in [1.54, 1.807) is 0 Å². The number of hydrogen-bond donors (Lipinski definition) is 0. The molecular formula is C12H14FNO3S. The van der Waals surface area contributed by atoms with Crippen molar-refractivity contribution in [1.29, 1.82) is 0 Å². The minimum absolute atomic E-state index is 0.0368. The molecule has 1 aromatic carbocycles. The van der Waals surface area contributed by atoms with Crippen molar-refractivity contribution >= 4 is 10.0 Å². The molecule has 98 valence electrons. The van der Waals surface area contributed by atoms with Crippen LogP contribution in [0.25, 0.3) is 0 Å². The predicted octanol–water partition coefficient (Wildman–Crippen LogP) is 1.38. The molecule has 2 bridgehead atoms. The Hall–Kier alpha value is -0.980. The Bertz CT molecular complexity index is 548. The second-order valence-corrected chi connectivity index (χ2v) is 6.62. The highest BCUT2D eigenvalue weighted by Crippen LogP contribution is 2.30. The van der Waals surface area contributed by atoms with Gasteiger partial charge in [-0.2, -0.15) is 4.31 Å². The van der Waals surface area contributed by atoms with E-state index in [-0.39, 0.29) is 17.1 Å². The number of halogens is 1. The van der Waals surface area contributed by atoms with Gasteiger partial charge in [-0.05, 0) is 25.0 Å². The average molecular weight is 271 g/mol. The first-order valence-corrected chi connectivity index (χ1v) is 7.41. The third-order valence-electron chi connectivity index (χ3n) is 3.46. The predicted molar refractivity (Wildman–Crippen MR) is 63.1 cm³/mol. The van der Waals surface area contributed by atoms with Gasteiger partial charge in [-0.3, -0.25) is 0 Å². The fourth-order valence-electron chi connectivity index (χ4n) is 2.57. The monoisotopic (exact) mass is 271 g/mol. The van der Waals surface area contributed by atoms with E-state index in [9.17, 15) is 12.8 Å². The van der Waals surface area contributed by atoms with Crippen molar-refractivity contribution in [3.05, 3.63) is 30.1 Å². The Morgan fingerprint density at radius 2 is 1.78 bits per heavy atom. The molecule has 0 aromatic heterocycles. The van der Waals surface area contributed by atoms with Gasteiger partial charge in [0.25, 0.3) is 0 Å². The maximum absolute atomic E-state index is 13.6. The van der Waals surface area contributed by atoms with Crippen LogP contribution in [0.5, 0.6) is 0 Å². The highest BCUT2D eigenvalue weighted by atomic mass is 32.2. The standard InChI is InChI=1S/C12H14FNO3S/c13-11-3-1-2-4-12(11)18(15,16)14-7-9-5-6-10(8-14)17-9/h1-4,9-10H,5-8H2. The Morgan fingerprint density at radius 3 is 2.39 bits per heavy atom. The first-order valence-electron chi connectivity index (χ1n) is 5.97. The topological polar surface area (TPSA) is 46.6 Å². The van der Waals surface area contributed by atoms with Crippen LogP contribution in [0.1, 0.15) is 12.8 Å². The summed E-state index contributed by atoms with van der Waals surface area (Å²) in [5, 5.41) is 0. The van der Waals surface area contributed by atoms with Gasteiger partial charge >= 0.3 is 0 Å². The Morgan fingerprint density at radius 1 is 1.17 bits per heavy atom. The van der Waals surface area contributed by atoms with E-state index in [0.29, 0.717) is 13.1 Å². The van der Waals surface area contributed by atoms with Crippen LogP contribution < -0.4 is 0 Å². The van der Waals surface area contributed by atoms with E-state index >= 15 is 0 Å². The van der Waals surface area contributed by atoms with Crippen LogP contribution in [-0.4, -0.2) is 38.0 Å². The molecule has 1 aromatic rings. The molecule has 3 rings (SSSR count). The summed E-state index contributed by atoms with van der Waals surface area (Å²) in [6.45, 7) is 0.653. The molecule has 0 spiro atoms. The second kappa shape index (κ2) is 4.29. The lowest BCUT2D eigenvalue weighted by atomic mass is 10.2. The molecule has 2 unspecified atom stereocenters. The molecule has 18 heavy (non-hydrogen) atoms. The van der Waals surface area contributed by atoms with Crippen LogP contribution in [0.3, 0.4) is 0 Å². The van der Waals surface area contributed by atoms with Gasteiger partial charge in [0.1, 0.15) is 10.7 Å². The van der Waals surface area contributed by atoms with Crippen molar-refractivity contribution in [2.45, 2.75) is 29.9 Å². The molecule has 6 heteroatoms. The van der Waals surface area contributed by atoms with Crippen molar-refractivity contribution < 1.29 is 17.5 Å². The first-order chi connectivity index (χ1) is 8.57. The van der Waals surface area contributed by atoms with E-state index in [0.717, 1.165) is 12.8 Å². The Kier molecular flexibility index (Phi) is 2.88. The number of fused-ring (bicyclic) bond motifs is 2. The summed E-state index contributed by atoms with van der Waals surface area (Å²) < 4.78 is 45.3. The van der Waals surface area contributed by atoms with Crippen molar-refractivity contribution in [2.75, 3.05) is 13.1 Å². The second-order valence-electron chi connectivity index (χ2n) is 4.71. The fourth-order valence-corrected chi connectivity index (χ4v) is 4.13. The summed E-state index contributed by atoms with van der Waals surface area (Å²) >= 11 is 0. The van der Waals surface area contributed by atoms with E-state index in [1.165, 1.54) is 28.6 Å². The number of nitrogens with zero attached hydrogens (tertiary/aromatic N) is 1. The van der Waals surface area contributed by atoms with Crippen LogP contribution in [0.4, 0.5) is 4.39 Å². The third kappa shape index (κ3) is 1.94. The summed E-state index contributed by atoms with van der Waals surface area (Å²) in [4.78, 5) is -0.244. The van der Waals surface area contributed by atoms with Crippen LogP contribution >= 0.6 is 0 Å². The lowest BCUT2D eigenvalue weighted by Gasteiger charge is -2.31. The minimum Gasteiger partial charge on any atom is -0.372 e. The SMILES string of the molecule is O=S(=O)(c1ccccc1F)N1CC2CCC(C1)O2. The lowest BCUT2D eigenvalue weighted by Crippen LogP contribution is -2.45. The first kappa shape index (κ1) is 12.1. The molecule has 0 N–H and O–H groups in total. The van der Waals surface area contributed by atoms with Crippen LogP contribution in [0.2, 0.25) is 0 Å². The number of morpholine rings is 1. The summed E-state index contributed by atoms with van der Waals surface area (Å²) in [6, 6.07) is 5.49. The summed E-state index contributed by atoms with van der Waals surface area (Å²) in [6.07, 6.45) is 1.69.